The highest BCUT2D eigenvalue weighted by Crippen LogP contribution is 2.51. The van der Waals surface area contributed by atoms with E-state index in [-0.39, 0.29) is 12.5 Å². The van der Waals surface area contributed by atoms with E-state index in [4.69, 9.17) is 9.47 Å². The Labute approximate surface area is 130 Å². The Morgan fingerprint density at radius 1 is 1.32 bits per heavy atom. The smallest absolute Gasteiger partial charge is 0.313 e. The number of fused-ring (bicyclic) bond motifs is 2. The maximum Gasteiger partial charge on any atom is 0.313 e. The molecule has 2 fully saturated rings. The van der Waals surface area contributed by atoms with Crippen LogP contribution in [0.2, 0.25) is 0 Å². The van der Waals surface area contributed by atoms with Crippen LogP contribution in [0.3, 0.4) is 0 Å². The number of alkyl halides is 2. The summed E-state index contributed by atoms with van der Waals surface area (Å²) < 4.78 is 39.1. The van der Waals surface area contributed by atoms with E-state index in [2.05, 4.69) is 12.2 Å². The van der Waals surface area contributed by atoms with E-state index in [1.165, 1.54) is 0 Å². The summed E-state index contributed by atoms with van der Waals surface area (Å²) in [7, 11) is 0. The number of esters is 1. The van der Waals surface area contributed by atoms with Crippen LogP contribution in [0.5, 0.6) is 0 Å². The minimum Gasteiger partial charge on any atom is -0.426 e. The van der Waals surface area contributed by atoms with Gasteiger partial charge >= 0.3 is 5.97 Å². The Hall–Kier alpha value is -0.970. The molecule has 1 saturated heterocycles. The fraction of sp³-hybridized carbons (Fsp3) is 0.824. The van der Waals surface area contributed by atoms with Crippen LogP contribution in [0.4, 0.5) is 8.78 Å². The van der Waals surface area contributed by atoms with Gasteiger partial charge in [-0.1, -0.05) is 12.2 Å². The van der Waals surface area contributed by atoms with Crippen molar-refractivity contribution in [3.05, 3.63) is 12.2 Å². The molecular formula is C17H24F2O3. The average Bonchev–Trinajstić information content (AvgIpc) is 3.13. The van der Waals surface area contributed by atoms with Crippen molar-refractivity contribution in [2.24, 2.45) is 29.1 Å². The minimum atomic E-state index is -2.05. The molecule has 6 unspecified atom stereocenters. The standard InChI is InChI=1S/C17H24F2O3/c1-16(2,3)15(20)22-17(9-18)14(19)13(8-21-17)12-7-10-4-5-11(12)6-10/h4-5,10-14H,6-9H2,1-3H3. The lowest BCUT2D eigenvalue weighted by atomic mass is 9.79. The Bertz CT molecular complexity index is 485. The molecule has 1 heterocycles. The maximum atomic E-state index is 15.0. The number of carbonyl (C=O) groups excluding carboxylic acids is 1. The molecular weight excluding hydrogens is 290 g/mol. The highest BCUT2D eigenvalue weighted by Gasteiger charge is 2.59. The third-order valence-corrected chi connectivity index (χ3v) is 5.26. The van der Waals surface area contributed by atoms with Crippen molar-refractivity contribution in [3.8, 4) is 0 Å². The summed E-state index contributed by atoms with van der Waals surface area (Å²) in [5.41, 5.74) is -0.821. The van der Waals surface area contributed by atoms with E-state index < -0.39 is 35.9 Å². The van der Waals surface area contributed by atoms with E-state index in [0.29, 0.717) is 11.8 Å². The lowest BCUT2D eigenvalue weighted by molar-refractivity contribution is -0.242. The van der Waals surface area contributed by atoms with Gasteiger partial charge in [-0.2, -0.15) is 0 Å². The van der Waals surface area contributed by atoms with Crippen LogP contribution in [0.15, 0.2) is 12.2 Å². The van der Waals surface area contributed by atoms with Crippen molar-refractivity contribution in [2.45, 2.75) is 45.6 Å². The van der Waals surface area contributed by atoms with Crippen LogP contribution < -0.4 is 0 Å². The van der Waals surface area contributed by atoms with Crippen LogP contribution >= 0.6 is 0 Å². The molecule has 0 aromatic rings. The van der Waals surface area contributed by atoms with Crippen molar-refractivity contribution >= 4 is 5.97 Å². The van der Waals surface area contributed by atoms with Gasteiger partial charge in [0.1, 0.15) is 0 Å². The first-order chi connectivity index (χ1) is 10.3. The van der Waals surface area contributed by atoms with E-state index in [1.54, 1.807) is 20.8 Å². The molecule has 22 heavy (non-hydrogen) atoms. The lowest BCUT2D eigenvalue weighted by Gasteiger charge is -2.32. The predicted octanol–water partition coefficient (Wildman–Crippen LogP) is 3.44. The molecule has 5 heteroatoms. The number of ether oxygens (including phenoxy) is 2. The summed E-state index contributed by atoms with van der Waals surface area (Å²) in [6.07, 6.45) is 4.69. The molecule has 0 spiro atoms. The minimum absolute atomic E-state index is 0.115. The van der Waals surface area contributed by atoms with E-state index >= 15 is 0 Å². The molecule has 0 N–H and O–H groups in total. The Morgan fingerprint density at radius 3 is 2.55 bits per heavy atom. The van der Waals surface area contributed by atoms with E-state index in [9.17, 15) is 13.6 Å². The van der Waals surface area contributed by atoms with Gasteiger partial charge in [-0.15, -0.1) is 0 Å². The van der Waals surface area contributed by atoms with Gasteiger partial charge in [0.15, 0.2) is 12.8 Å². The van der Waals surface area contributed by atoms with Gasteiger partial charge in [-0.05, 0) is 51.4 Å². The molecule has 2 aliphatic carbocycles. The number of halogens is 2. The maximum absolute atomic E-state index is 15.0. The molecule has 3 aliphatic rings. The zero-order valence-electron chi connectivity index (χ0n) is 13.4. The summed E-state index contributed by atoms with van der Waals surface area (Å²) in [5.74, 6) is -2.07. The highest BCUT2D eigenvalue weighted by atomic mass is 19.1. The summed E-state index contributed by atoms with van der Waals surface area (Å²) in [4.78, 5) is 12.0. The molecule has 0 radical (unpaired) electrons. The Balaban J connectivity index is 1.74. The first-order valence-corrected chi connectivity index (χ1v) is 8.02. The fourth-order valence-electron chi connectivity index (χ4n) is 3.92. The number of allylic oxidation sites excluding steroid dienone is 2. The van der Waals surface area contributed by atoms with Crippen molar-refractivity contribution in [2.75, 3.05) is 13.3 Å². The lowest BCUT2D eigenvalue weighted by Crippen LogP contribution is -2.48. The van der Waals surface area contributed by atoms with Gasteiger partial charge in [0.05, 0.1) is 12.0 Å². The number of hydrogen-bond acceptors (Lipinski definition) is 3. The summed E-state index contributed by atoms with van der Waals surface area (Å²) in [5, 5.41) is 0. The van der Waals surface area contributed by atoms with Crippen molar-refractivity contribution in [3.63, 3.8) is 0 Å². The van der Waals surface area contributed by atoms with Crippen LogP contribution in [-0.4, -0.2) is 31.2 Å². The largest absolute Gasteiger partial charge is 0.426 e. The van der Waals surface area contributed by atoms with Gasteiger partial charge in [0.25, 0.3) is 5.79 Å². The van der Waals surface area contributed by atoms with Gasteiger partial charge < -0.3 is 9.47 Å². The Morgan fingerprint density at radius 2 is 2.05 bits per heavy atom. The summed E-state index contributed by atoms with van der Waals surface area (Å²) in [6.45, 7) is 3.93. The van der Waals surface area contributed by atoms with Crippen LogP contribution in [0.1, 0.15) is 33.6 Å². The zero-order chi connectivity index (χ0) is 16.1. The van der Waals surface area contributed by atoms with Crippen molar-refractivity contribution in [1.29, 1.82) is 0 Å². The monoisotopic (exact) mass is 314 g/mol. The summed E-state index contributed by atoms with van der Waals surface area (Å²) in [6, 6.07) is 0. The number of carbonyl (C=O) groups is 1. The topological polar surface area (TPSA) is 35.5 Å². The van der Waals surface area contributed by atoms with E-state index in [0.717, 1.165) is 12.8 Å². The van der Waals surface area contributed by atoms with Crippen LogP contribution in [0.25, 0.3) is 0 Å². The van der Waals surface area contributed by atoms with Gasteiger partial charge in [0.2, 0.25) is 0 Å². The molecule has 1 aliphatic heterocycles. The normalized spacial score (nSPS) is 43.8. The van der Waals surface area contributed by atoms with Gasteiger partial charge in [-0.3, -0.25) is 4.79 Å². The molecule has 2 bridgehead atoms. The average molecular weight is 314 g/mol. The SMILES string of the molecule is CC(C)(C)C(=O)OC1(CF)OCC(C2CC3C=CC2C3)C1F. The van der Waals surface area contributed by atoms with Gasteiger partial charge in [-0.25, -0.2) is 8.78 Å². The molecule has 6 atom stereocenters. The predicted molar refractivity (Wildman–Crippen MR) is 77.4 cm³/mol. The first-order valence-electron chi connectivity index (χ1n) is 8.02. The highest BCUT2D eigenvalue weighted by molar-refractivity contribution is 5.75. The second-order valence-electron chi connectivity index (χ2n) is 7.91. The van der Waals surface area contributed by atoms with Crippen molar-refractivity contribution in [1.82, 2.24) is 0 Å². The second kappa shape index (κ2) is 5.29. The summed E-state index contributed by atoms with van der Waals surface area (Å²) >= 11 is 0. The molecule has 0 aromatic carbocycles. The van der Waals surface area contributed by atoms with E-state index in [1.807, 2.05) is 0 Å². The van der Waals surface area contributed by atoms with Crippen LogP contribution in [0, 0.1) is 29.1 Å². The zero-order valence-corrected chi connectivity index (χ0v) is 13.4. The first kappa shape index (κ1) is 15.9. The molecule has 3 nitrogen and oxygen atoms in total. The quantitative estimate of drug-likeness (QED) is 0.591. The molecule has 0 amide bonds. The molecule has 1 saturated carbocycles. The number of hydrogen-bond donors (Lipinski definition) is 0. The number of rotatable bonds is 3. The Kier molecular flexibility index (Phi) is 3.83. The fourth-order valence-corrected chi connectivity index (χ4v) is 3.92. The third kappa shape index (κ3) is 2.47. The van der Waals surface area contributed by atoms with Crippen molar-refractivity contribution < 1.29 is 23.0 Å². The van der Waals surface area contributed by atoms with Gasteiger partial charge in [0, 0.05) is 5.92 Å². The molecule has 0 aromatic heterocycles. The third-order valence-electron chi connectivity index (χ3n) is 5.26. The van der Waals surface area contributed by atoms with Crippen LogP contribution in [-0.2, 0) is 14.3 Å². The molecule has 3 rings (SSSR count). The molecule has 124 valence electrons. The second-order valence-corrected chi connectivity index (χ2v) is 7.91.